The zero-order chi connectivity index (χ0) is 16.0. The highest BCUT2D eigenvalue weighted by Gasteiger charge is 2.19. The van der Waals surface area contributed by atoms with Crippen molar-refractivity contribution in [3.8, 4) is 34.3 Å². The maximum atomic E-state index is 9.69. The third kappa shape index (κ3) is 2.71. The van der Waals surface area contributed by atoms with E-state index in [2.05, 4.69) is 0 Å². The molecule has 0 unspecified atom stereocenters. The largest absolute Gasteiger partial charge is 1.00 e. The average Bonchev–Trinajstić information content (AvgIpc) is 2.48. The van der Waals surface area contributed by atoms with E-state index in [0.29, 0.717) is 0 Å². The first-order valence-electron chi connectivity index (χ1n) is 6.76. The number of halogens is 1. The van der Waals surface area contributed by atoms with E-state index in [4.69, 9.17) is 0 Å². The molecule has 3 aromatic rings. The molecular formula is C17H16ClNO4. The molecule has 0 aliphatic heterocycles. The number of phenolic OH excluding ortho intramolecular Hbond substituents is 4. The Morgan fingerprint density at radius 3 is 2.04 bits per heavy atom. The average molecular weight is 334 g/mol. The number of benzene rings is 2. The van der Waals surface area contributed by atoms with Gasteiger partial charge in [0.1, 0.15) is 7.05 Å². The minimum absolute atomic E-state index is 0. The summed E-state index contributed by atoms with van der Waals surface area (Å²) in [6.07, 6.45) is 0. The Morgan fingerprint density at radius 1 is 0.783 bits per heavy atom. The summed E-state index contributed by atoms with van der Waals surface area (Å²) in [5.74, 6) is -0.707. The third-order valence-electron chi connectivity index (χ3n) is 3.96. The van der Waals surface area contributed by atoms with Crippen LogP contribution in [0.3, 0.4) is 0 Å². The smallest absolute Gasteiger partial charge is 0.213 e. The van der Waals surface area contributed by atoms with Gasteiger partial charge in [0.15, 0.2) is 28.7 Å². The van der Waals surface area contributed by atoms with Crippen LogP contribution in [0, 0.1) is 6.92 Å². The molecule has 1 heterocycles. The van der Waals surface area contributed by atoms with Gasteiger partial charge in [-0.3, -0.25) is 0 Å². The van der Waals surface area contributed by atoms with Crippen LogP contribution in [0.2, 0.25) is 0 Å². The lowest BCUT2D eigenvalue weighted by atomic mass is 10.0. The Balaban J connectivity index is 0.00000192. The van der Waals surface area contributed by atoms with Crippen molar-refractivity contribution in [1.82, 2.24) is 0 Å². The van der Waals surface area contributed by atoms with E-state index in [1.807, 2.05) is 24.6 Å². The molecule has 1 aromatic heterocycles. The van der Waals surface area contributed by atoms with Gasteiger partial charge in [-0.2, -0.15) is 4.57 Å². The molecule has 0 amide bonds. The van der Waals surface area contributed by atoms with Crippen molar-refractivity contribution in [3.63, 3.8) is 0 Å². The number of nitrogens with zero attached hydrogens (tertiary/aromatic N) is 1. The number of phenols is 4. The van der Waals surface area contributed by atoms with Gasteiger partial charge < -0.3 is 32.8 Å². The Kier molecular flexibility index (Phi) is 4.25. The Hall–Kier alpha value is -2.66. The Morgan fingerprint density at radius 2 is 1.39 bits per heavy atom. The predicted octanol–water partition coefficient (Wildman–Crippen LogP) is -0.534. The molecule has 0 atom stereocenters. The quantitative estimate of drug-likeness (QED) is 0.356. The monoisotopic (exact) mass is 333 g/mol. The summed E-state index contributed by atoms with van der Waals surface area (Å²) >= 11 is 0. The normalized spacial score (nSPS) is 10.5. The molecule has 6 heteroatoms. The molecule has 0 saturated heterocycles. The van der Waals surface area contributed by atoms with Crippen LogP contribution in [-0.2, 0) is 7.05 Å². The number of aryl methyl sites for hydroxylation is 1. The molecule has 2 aromatic carbocycles. The van der Waals surface area contributed by atoms with Crippen LogP contribution in [0.4, 0.5) is 0 Å². The van der Waals surface area contributed by atoms with Gasteiger partial charge in [-0.1, -0.05) is 0 Å². The van der Waals surface area contributed by atoms with E-state index in [1.54, 1.807) is 6.07 Å². The summed E-state index contributed by atoms with van der Waals surface area (Å²) in [5.41, 5.74) is 2.44. The van der Waals surface area contributed by atoms with Crippen LogP contribution in [-0.4, -0.2) is 20.4 Å². The fourth-order valence-corrected chi connectivity index (χ4v) is 2.59. The summed E-state index contributed by atoms with van der Waals surface area (Å²) in [5, 5.41) is 40.1. The molecule has 3 rings (SSSR count). The first-order valence-corrected chi connectivity index (χ1v) is 6.76. The second kappa shape index (κ2) is 5.85. The van der Waals surface area contributed by atoms with Crippen LogP contribution in [0.15, 0.2) is 36.4 Å². The Labute approximate surface area is 139 Å². The lowest BCUT2D eigenvalue weighted by Crippen LogP contribution is -3.00. The molecule has 5 nitrogen and oxygen atoms in total. The summed E-state index contributed by atoms with van der Waals surface area (Å²) in [7, 11) is 1.87. The second-order valence-electron chi connectivity index (χ2n) is 5.31. The van der Waals surface area contributed by atoms with Gasteiger partial charge in [0.25, 0.3) is 0 Å². The minimum Gasteiger partial charge on any atom is -1.00 e. The standard InChI is InChI=1S/C17H15NO4.ClH/c1-9-12-8-17(22)16(21)7-11(12)5-13(18(9)2)10-3-4-14(19)15(20)6-10;/h3-8H,1-2H3,(H3,19,20,21,22);1H. The fraction of sp³-hybridized carbons (Fsp3) is 0.118. The molecule has 0 saturated carbocycles. The highest BCUT2D eigenvalue weighted by atomic mass is 35.5. The van der Waals surface area contributed by atoms with Crippen molar-refractivity contribution in [1.29, 1.82) is 0 Å². The van der Waals surface area contributed by atoms with Gasteiger partial charge in [0, 0.05) is 13.0 Å². The van der Waals surface area contributed by atoms with Crippen molar-refractivity contribution >= 4 is 10.8 Å². The molecule has 0 radical (unpaired) electrons. The molecule has 23 heavy (non-hydrogen) atoms. The van der Waals surface area contributed by atoms with Crippen molar-refractivity contribution in [2.45, 2.75) is 6.92 Å². The first-order chi connectivity index (χ1) is 10.4. The maximum absolute atomic E-state index is 9.69. The molecule has 4 N–H and O–H groups in total. The molecular weight excluding hydrogens is 318 g/mol. The summed E-state index contributed by atoms with van der Waals surface area (Å²) < 4.78 is 1.92. The lowest BCUT2D eigenvalue weighted by molar-refractivity contribution is -0.665. The zero-order valence-electron chi connectivity index (χ0n) is 12.6. The van der Waals surface area contributed by atoms with E-state index in [9.17, 15) is 20.4 Å². The molecule has 120 valence electrons. The zero-order valence-corrected chi connectivity index (χ0v) is 13.3. The van der Waals surface area contributed by atoms with Crippen molar-refractivity contribution in [2.24, 2.45) is 7.05 Å². The number of fused-ring (bicyclic) bond motifs is 1. The molecule has 0 fully saturated rings. The number of pyridine rings is 1. The molecule has 0 spiro atoms. The van der Waals surface area contributed by atoms with Gasteiger partial charge >= 0.3 is 0 Å². The lowest BCUT2D eigenvalue weighted by Gasteiger charge is -2.09. The number of rotatable bonds is 1. The fourth-order valence-electron chi connectivity index (χ4n) is 2.59. The summed E-state index contributed by atoms with van der Waals surface area (Å²) in [4.78, 5) is 0. The third-order valence-corrected chi connectivity index (χ3v) is 3.96. The first kappa shape index (κ1) is 16.7. The topological polar surface area (TPSA) is 84.8 Å². The van der Waals surface area contributed by atoms with E-state index >= 15 is 0 Å². The highest BCUT2D eigenvalue weighted by Crippen LogP contribution is 2.34. The van der Waals surface area contributed by atoms with Gasteiger partial charge in [0.05, 0.1) is 10.9 Å². The van der Waals surface area contributed by atoms with Crippen LogP contribution in [0.25, 0.3) is 22.0 Å². The number of hydrogen-bond donors (Lipinski definition) is 4. The van der Waals surface area contributed by atoms with Gasteiger partial charge in [-0.25, -0.2) is 0 Å². The SMILES string of the molecule is Cc1c2cc(O)c(O)cc2cc(-c2ccc(O)c(O)c2)[n+]1C.[Cl-]. The van der Waals surface area contributed by atoms with E-state index in [-0.39, 0.29) is 35.4 Å². The van der Waals surface area contributed by atoms with E-state index in [0.717, 1.165) is 27.7 Å². The van der Waals surface area contributed by atoms with Crippen LogP contribution >= 0.6 is 0 Å². The highest BCUT2D eigenvalue weighted by molar-refractivity contribution is 5.89. The van der Waals surface area contributed by atoms with Gasteiger partial charge in [0.2, 0.25) is 5.69 Å². The van der Waals surface area contributed by atoms with Crippen molar-refractivity contribution in [2.75, 3.05) is 0 Å². The summed E-state index contributed by atoms with van der Waals surface area (Å²) in [6, 6.07) is 9.50. The molecule has 0 aliphatic rings. The minimum atomic E-state index is -0.191. The predicted molar refractivity (Wildman–Crippen MR) is 82.0 cm³/mol. The Bertz CT molecular complexity index is 909. The number of aromatic nitrogens is 1. The summed E-state index contributed by atoms with van der Waals surface area (Å²) in [6.45, 7) is 1.91. The van der Waals surface area contributed by atoms with Crippen LogP contribution < -0.4 is 17.0 Å². The van der Waals surface area contributed by atoms with Crippen LogP contribution in [0.5, 0.6) is 23.0 Å². The van der Waals surface area contributed by atoms with Crippen molar-refractivity contribution < 1.29 is 37.4 Å². The number of aromatic hydroxyl groups is 4. The van der Waals surface area contributed by atoms with E-state index < -0.39 is 0 Å². The number of hydrogen-bond acceptors (Lipinski definition) is 4. The second-order valence-corrected chi connectivity index (χ2v) is 5.31. The van der Waals surface area contributed by atoms with Gasteiger partial charge in [-0.05, 0) is 35.7 Å². The van der Waals surface area contributed by atoms with Crippen molar-refractivity contribution in [3.05, 3.63) is 42.1 Å². The molecule has 0 aliphatic carbocycles. The van der Waals surface area contributed by atoms with Gasteiger partial charge in [-0.15, -0.1) is 0 Å². The molecule has 0 bridgehead atoms. The van der Waals surface area contributed by atoms with Crippen LogP contribution in [0.1, 0.15) is 5.69 Å². The van der Waals surface area contributed by atoms with E-state index in [1.165, 1.54) is 24.3 Å². The maximum Gasteiger partial charge on any atom is 0.213 e.